The van der Waals surface area contributed by atoms with Crippen LogP contribution in [0.5, 0.6) is 0 Å². The summed E-state index contributed by atoms with van der Waals surface area (Å²) >= 11 is 0. The van der Waals surface area contributed by atoms with Gasteiger partial charge in [0.15, 0.2) is 0 Å². The molecule has 50 valence electrons. The molecule has 1 unspecified atom stereocenters. The highest BCUT2D eigenvalue weighted by Gasteiger charge is 1.90. The van der Waals surface area contributed by atoms with Gasteiger partial charge >= 0.3 is 0 Å². The Bertz CT molecular complexity index is 72.4. The predicted molar refractivity (Wildman–Crippen MR) is 29.3 cm³/mol. The van der Waals surface area contributed by atoms with Crippen molar-refractivity contribution in [1.29, 1.82) is 0 Å². The molecule has 0 heterocycles. The van der Waals surface area contributed by atoms with Crippen LogP contribution >= 0.6 is 0 Å². The van der Waals surface area contributed by atoms with Crippen LogP contribution in [0, 0.1) is 0 Å². The van der Waals surface area contributed by atoms with Crippen molar-refractivity contribution in [3.05, 3.63) is 0 Å². The molecule has 0 aromatic carbocycles. The molecule has 4 heteroatoms. The zero-order chi connectivity index (χ0) is 5.86. The standard InChI is InChI=1S/C4H9NO2.H3N/c1-3(5)2-4(6)7;/h3H,2,5H2,1H3,(H,6,7);1H3. The van der Waals surface area contributed by atoms with Gasteiger partial charge in [0.1, 0.15) is 0 Å². The normalized spacial score (nSPS) is 11.8. The van der Waals surface area contributed by atoms with E-state index in [0.29, 0.717) is 0 Å². The van der Waals surface area contributed by atoms with Gasteiger partial charge in [-0.15, -0.1) is 0 Å². The highest BCUT2D eigenvalue weighted by Crippen LogP contribution is 1.79. The first-order valence-corrected chi connectivity index (χ1v) is 2.08. The van der Waals surface area contributed by atoms with Gasteiger partial charge in [0.25, 0.3) is 0 Å². The fourth-order valence-electron chi connectivity index (χ4n) is 0.263. The van der Waals surface area contributed by atoms with Gasteiger partial charge in [-0.3, -0.25) is 0 Å². The zero-order valence-electron chi connectivity index (χ0n) is 5.18. The largest absolute Gasteiger partial charge is 0.550 e. The van der Waals surface area contributed by atoms with Crippen molar-refractivity contribution in [1.82, 2.24) is 6.15 Å². The van der Waals surface area contributed by atoms with Gasteiger partial charge in [-0.2, -0.15) is 0 Å². The Morgan fingerprint density at radius 2 is 2.25 bits per heavy atom. The third-order valence-corrected chi connectivity index (χ3v) is 0.489. The highest BCUT2D eigenvalue weighted by atomic mass is 16.4. The van der Waals surface area contributed by atoms with Gasteiger partial charge in [0.2, 0.25) is 0 Å². The van der Waals surface area contributed by atoms with E-state index in [9.17, 15) is 9.90 Å². The lowest BCUT2D eigenvalue weighted by molar-refractivity contribution is -0.305. The first-order valence-electron chi connectivity index (χ1n) is 2.08. The number of quaternary nitrogens is 1. The Labute approximate surface area is 48.3 Å². The maximum Gasteiger partial charge on any atom is 0.0429 e. The van der Waals surface area contributed by atoms with Crippen molar-refractivity contribution in [2.75, 3.05) is 0 Å². The average Bonchev–Trinajstić information content (AvgIpc) is 1.27. The Morgan fingerprint density at radius 1 is 1.88 bits per heavy atom. The molecule has 0 aliphatic carbocycles. The second-order valence-electron chi connectivity index (χ2n) is 1.55. The number of carbonyl (C=O) groups is 1. The fourth-order valence-corrected chi connectivity index (χ4v) is 0.263. The van der Waals surface area contributed by atoms with E-state index in [0.717, 1.165) is 0 Å². The summed E-state index contributed by atoms with van der Waals surface area (Å²) in [5, 5.41) is 9.62. The van der Waals surface area contributed by atoms with Gasteiger partial charge < -0.3 is 21.8 Å². The van der Waals surface area contributed by atoms with Crippen LogP contribution in [-0.4, -0.2) is 12.0 Å². The van der Waals surface area contributed by atoms with Gasteiger partial charge in [-0.05, 0) is 6.92 Å². The van der Waals surface area contributed by atoms with E-state index >= 15 is 0 Å². The number of aliphatic carboxylic acids is 1. The predicted octanol–water partition coefficient (Wildman–Crippen LogP) is -1.15. The molecule has 0 aromatic heterocycles. The molecule has 0 aliphatic heterocycles. The van der Waals surface area contributed by atoms with Crippen LogP contribution in [-0.2, 0) is 4.79 Å². The molecular weight excluding hydrogens is 108 g/mol. The van der Waals surface area contributed by atoms with Crippen LogP contribution < -0.4 is 17.0 Å². The van der Waals surface area contributed by atoms with E-state index in [4.69, 9.17) is 5.73 Å². The minimum absolute atomic E-state index is 0. The molecule has 0 spiro atoms. The molecular formula is C4H12N2O2. The molecule has 0 aliphatic rings. The van der Waals surface area contributed by atoms with Crippen molar-refractivity contribution in [3.63, 3.8) is 0 Å². The summed E-state index contributed by atoms with van der Waals surface area (Å²) in [7, 11) is 0. The Kier molecular flexibility index (Phi) is 5.90. The molecule has 0 radical (unpaired) electrons. The molecule has 8 heavy (non-hydrogen) atoms. The third-order valence-electron chi connectivity index (χ3n) is 0.489. The van der Waals surface area contributed by atoms with Crippen molar-refractivity contribution >= 4 is 5.97 Å². The number of carboxylic acids is 1. The maximum absolute atomic E-state index is 9.62. The molecule has 0 fully saturated rings. The Hall–Kier alpha value is -0.610. The minimum Gasteiger partial charge on any atom is -0.550 e. The average molecular weight is 120 g/mol. The Balaban J connectivity index is 0. The van der Waals surface area contributed by atoms with Crippen molar-refractivity contribution in [2.45, 2.75) is 19.4 Å². The summed E-state index contributed by atoms with van der Waals surface area (Å²) < 4.78 is 0. The lowest BCUT2D eigenvalue weighted by Gasteiger charge is -2.02. The lowest BCUT2D eigenvalue weighted by Crippen LogP contribution is -2.29. The van der Waals surface area contributed by atoms with Gasteiger partial charge in [0, 0.05) is 18.4 Å². The van der Waals surface area contributed by atoms with E-state index in [-0.39, 0.29) is 18.6 Å². The summed E-state index contributed by atoms with van der Waals surface area (Å²) in [4.78, 5) is 9.62. The summed E-state index contributed by atoms with van der Waals surface area (Å²) in [6.45, 7) is 1.62. The van der Waals surface area contributed by atoms with Gasteiger partial charge in [-0.25, -0.2) is 0 Å². The van der Waals surface area contributed by atoms with Crippen molar-refractivity contribution in [2.24, 2.45) is 5.73 Å². The van der Waals surface area contributed by atoms with E-state index in [1.54, 1.807) is 6.92 Å². The molecule has 0 saturated carbocycles. The van der Waals surface area contributed by atoms with Crippen LogP contribution in [0.25, 0.3) is 0 Å². The van der Waals surface area contributed by atoms with Gasteiger partial charge in [-0.1, -0.05) is 0 Å². The van der Waals surface area contributed by atoms with Crippen LogP contribution in [0.15, 0.2) is 0 Å². The zero-order valence-corrected chi connectivity index (χ0v) is 5.18. The first-order chi connectivity index (χ1) is 3.13. The first kappa shape index (κ1) is 10.4. The van der Waals surface area contributed by atoms with Crippen molar-refractivity contribution in [3.8, 4) is 0 Å². The number of nitrogens with two attached hydrogens (primary N) is 1. The summed E-state index contributed by atoms with van der Waals surface area (Å²) in [6, 6.07) is -0.287. The minimum atomic E-state index is -1.09. The number of carboxylic acid groups (broad SMARTS) is 1. The fraction of sp³-hybridized carbons (Fsp3) is 0.750. The molecule has 0 aromatic rings. The van der Waals surface area contributed by atoms with Crippen LogP contribution in [0.4, 0.5) is 0 Å². The third kappa shape index (κ3) is 9.04. The molecule has 1 atom stereocenters. The second-order valence-corrected chi connectivity index (χ2v) is 1.55. The van der Waals surface area contributed by atoms with Crippen LogP contribution in [0.2, 0.25) is 0 Å². The summed E-state index contributed by atoms with van der Waals surface area (Å²) in [6.07, 6.45) is -0.0556. The number of rotatable bonds is 2. The van der Waals surface area contributed by atoms with Crippen molar-refractivity contribution < 1.29 is 9.90 Å². The molecule has 0 rings (SSSR count). The number of carbonyl (C=O) groups excluding carboxylic acids is 1. The second kappa shape index (κ2) is 4.55. The topological polar surface area (TPSA) is 103 Å². The molecule has 0 amide bonds. The SMILES string of the molecule is CC(N)CC(=O)[O-].[NH4+]. The number of hydrogen-bond donors (Lipinski definition) is 2. The van der Waals surface area contributed by atoms with E-state index < -0.39 is 5.97 Å². The van der Waals surface area contributed by atoms with E-state index in [2.05, 4.69) is 0 Å². The molecule has 6 N–H and O–H groups in total. The quantitative estimate of drug-likeness (QED) is 0.480. The summed E-state index contributed by atoms with van der Waals surface area (Å²) in [5.74, 6) is -1.09. The lowest BCUT2D eigenvalue weighted by atomic mass is 10.3. The number of hydrogen-bond acceptors (Lipinski definition) is 3. The summed E-state index contributed by atoms with van der Waals surface area (Å²) in [5.41, 5.74) is 5.07. The smallest absolute Gasteiger partial charge is 0.0429 e. The molecule has 0 bridgehead atoms. The monoisotopic (exact) mass is 120 g/mol. The van der Waals surface area contributed by atoms with E-state index in [1.165, 1.54) is 0 Å². The molecule has 4 nitrogen and oxygen atoms in total. The van der Waals surface area contributed by atoms with Crippen LogP contribution in [0.3, 0.4) is 0 Å². The highest BCUT2D eigenvalue weighted by molar-refractivity contribution is 5.64. The van der Waals surface area contributed by atoms with Crippen LogP contribution in [0.1, 0.15) is 13.3 Å². The Morgan fingerprint density at radius 3 is 2.25 bits per heavy atom. The molecule has 0 saturated heterocycles. The van der Waals surface area contributed by atoms with E-state index in [1.807, 2.05) is 0 Å². The maximum atomic E-state index is 9.62. The van der Waals surface area contributed by atoms with Gasteiger partial charge in [0.05, 0.1) is 0 Å².